The second-order valence-corrected chi connectivity index (χ2v) is 8.67. The van der Waals surface area contributed by atoms with Gasteiger partial charge in [-0.25, -0.2) is 22.5 Å². The second kappa shape index (κ2) is 9.07. The summed E-state index contributed by atoms with van der Waals surface area (Å²) in [6.07, 6.45) is 0.805. The van der Waals surface area contributed by atoms with Crippen LogP contribution in [0.5, 0.6) is 0 Å². The zero-order chi connectivity index (χ0) is 25.6. The summed E-state index contributed by atoms with van der Waals surface area (Å²) in [4.78, 5) is 32.4. The van der Waals surface area contributed by atoms with Crippen LogP contribution in [0.3, 0.4) is 0 Å². The number of H-pyrrole nitrogens is 1. The van der Waals surface area contributed by atoms with Gasteiger partial charge in [-0.05, 0) is 35.7 Å². The molecule has 0 atom stereocenters. The molecule has 5 nitrogen and oxygen atoms in total. The lowest BCUT2D eigenvalue weighted by Gasteiger charge is -2.12. The number of carbonyl (C=O) groups is 2. The molecule has 2 heterocycles. The Morgan fingerprint density at radius 2 is 1.61 bits per heavy atom. The highest BCUT2D eigenvalue weighted by molar-refractivity contribution is 6.06. The number of rotatable bonds is 6. The number of fused-ring (bicyclic) bond motifs is 1. The van der Waals surface area contributed by atoms with E-state index >= 15 is 4.39 Å². The number of amides is 1. The molecule has 0 unspecified atom stereocenters. The number of ketones is 1. The van der Waals surface area contributed by atoms with Crippen LogP contribution in [0, 0.1) is 30.2 Å². The minimum Gasteiger partial charge on any atom is -0.348 e. The first-order valence-electron chi connectivity index (χ1n) is 11.1. The van der Waals surface area contributed by atoms with Crippen molar-refractivity contribution >= 4 is 11.7 Å². The van der Waals surface area contributed by atoms with Crippen LogP contribution in [0.25, 0.3) is 22.5 Å². The van der Waals surface area contributed by atoms with Crippen molar-refractivity contribution < 1.29 is 27.2 Å². The van der Waals surface area contributed by atoms with E-state index in [9.17, 15) is 22.8 Å². The number of aryl methyl sites for hydroxylation is 1. The molecule has 1 amide bonds. The normalized spacial score (nSPS) is 12.5. The lowest BCUT2D eigenvalue weighted by atomic mass is 9.91. The van der Waals surface area contributed by atoms with E-state index in [-0.39, 0.29) is 24.4 Å². The Kier molecular flexibility index (Phi) is 5.91. The summed E-state index contributed by atoms with van der Waals surface area (Å²) in [6, 6.07) is 8.69. The first-order chi connectivity index (χ1) is 17.2. The van der Waals surface area contributed by atoms with Crippen molar-refractivity contribution in [3.63, 3.8) is 0 Å². The third-order valence-electron chi connectivity index (χ3n) is 6.13. The van der Waals surface area contributed by atoms with E-state index in [0.717, 1.165) is 5.69 Å². The van der Waals surface area contributed by atoms with Crippen LogP contribution in [-0.4, -0.2) is 21.7 Å². The molecule has 182 valence electrons. The fourth-order valence-corrected chi connectivity index (χ4v) is 4.46. The van der Waals surface area contributed by atoms with Crippen LogP contribution in [0.2, 0.25) is 0 Å². The van der Waals surface area contributed by atoms with E-state index in [4.69, 9.17) is 0 Å². The maximum Gasteiger partial charge on any atom is 0.252 e. The number of hydrogen-bond donors (Lipinski definition) is 2. The molecule has 0 spiro atoms. The van der Waals surface area contributed by atoms with Crippen LogP contribution in [-0.2, 0) is 24.2 Å². The van der Waals surface area contributed by atoms with Gasteiger partial charge >= 0.3 is 0 Å². The zero-order valence-electron chi connectivity index (χ0n) is 19.0. The average molecular weight is 493 g/mol. The zero-order valence-corrected chi connectivity index (χ0v) is 19.0. The van der Waals surface area contributed by atoms with Crippen LogP contribution < -0.4 is 5.32 Å². The molecule has 2 N–H and O–H groups in total. The Morgan fingerprint density at radius 1 is 0.917 bits per heavy atom. The molecule has 5 rings (SSSR count). The summed E-state index contributed by atoms with van der Waals surface area (Å²) in [7, 11) is 0. The summed E-state index contributed by atoms with van der Waals surface area (Å²) in [5, 5.41) is 2.77. The summed E-state index contributed by atoms with van der Waals surface area (Å²) in [5.74, 6) is -4.27. The van der Waals surface area contributed by atoms with Crippen LogP contribution in [0.15, 0.2) is 48.7 Å². The number of nitrogens with zero attached hydrogens (tertiary/aromatic N) is 1. The Balaban J connectivity index is 1.42. The number of nitrogens with one attached hydrogen (secondary N) is 2. The second-order valence-electron chi connectivity index (χ2n) is 8.67. The summed E-state index contributed by atoms with van der Waals surface area (Å²) < 4.78 is 56.0. The molecule has 36 heavy (non-hydrogen) atoms. The number of carbonyl (C=O) groups excluding carboxylic acids is 2. The molecule has 9 heteroatoms. The number of halogens is 4. The van der Waals surface area contributed by atoms with Crippen LogP contribution in [0.1, 0.15) is 32.7 Å². The van der Waals surface area contributed by atoms with Crippen LogP contribution in [0.4, 0.5) is 17.6 Å². The molecule has 3 aromatic carbocycles. The van der Waals surface area contributed by atoms with Gasteiger partial charge in [-0.1, -0.05) is 18.2 Å². The fraction of sp³-hybridized carbons (Fsp3) is 0.148. The lowest BCUT2D eigenvalue weighted by Crippen LogP contribution is -2.13. The maximum absolute atomic E-state index is 15.2. The number of aromatic amines is 1. The van der Waals surface area contributed by atoms with Gasteiger partial charge < -0.3 is 10.3 Å². The Labute approximate surface area is 203 Å². The Morgan fingerprint density at radius 3 is 2.28 bits per heavy atom. The van der Waals surface area contributed by atoms with Gasteiger partial charge in [0.2, 0.25) is 0 Å². The number of imidazole rings is 1. The summed E-state index contributed by atoms with van der Waals surface area (Å²) in [6.45, 7) is 2.07. The smallest absolute Gasteiger partial charge is 0.252 e. The van der Waals surface area contributed by atoms with Crippen molar-refractivity contribution in [2.24, 2.45) is 0 Å². The first-order valence-corrected chi connectivity index (χ1v) is 11.1. The molecule has 1 aromatic heterocycles. The van der Waals surface area contributed by atoms with Crippen molar-refractivity contribution in [2.45, 2.75) is 26.3 Å². The Hall–Kier alpha value is -4.27. The van der Waals surface area contributed by atoms with E-state index < -0.39 is 41.0 Å². The minimum absolute atomic E-state index is 0.228. The summed E-state index contributed by atoms with van der Waals surface area (Å²) >= 11 is 0. The van der Waals surface area contributed by atoms with Gasteiger partial charge in [0.1, 0.15) is 34.9 Å². The third kappa shape index (κ3) is 4.28. The van der Waals surface area contributed by atoms with Crippen molar-refractivity contribution in [3.05, 3.63) is 99.9 Å². The van der Waals surface area contributed by atoms with E-state index in [1.54, 1.807) is 24.4 Å². The number of benzene rings is 3. The van der Waals surface area contributed by atoms with Crippen molar-refractivity contribution in [1.29, 1.82) is 0 Å². The molecule has 0 bridgehead atoms. The van der Waals surface area contributed by atoms with Gasteiger partial charge in [0, 0.05) is 60.1 Å². The third-order valence-corrected chi connectivity index (χ3v) is 6.13. The SMILES string of the molecule is Cc1cnc(-c2ccc(-c3ccc(CC(=O)Cc4c(F)cc(F)cc4F)cc3F)c3c2C(=O)NC3)[nH]1. The van der Waals surface area contributed by atoms with E-state index in [1.807, 2.05) is 6.92 Å². The molecule has 4 aromatic rings. The molecule has 0 saturated heterocycles. The van der Waals surface area contributed by atoms with E-state index in [1.165, 1.54) is 12.1 Å². The minimum atomic E-state index is -1.15. The molecule has 0 radical (unpaired) electrons. The molecule has 0 aliphatic carbocycles. The quantitative estimate of drug-likeness (QED) is 0.363. The van der Waals surface area contributed by atoms with Gasteiger partial charge in [0.25, 0.3) is 5.91 Å². The first kappa shape index (κ1) is 23.5. The van der Waals surface area contributed by atoms with Crippen molar-refractivity contribution in [3.8, 4) is 22.5 Å². The van der Waals surface area contributed by atoms with Gasteiger partial charge in [-0.2, -0.15) is 0 Å². The molecule has 0 fully saturated rings. The molecular formula is C27H19F4N3O2. The maximum atomic E-state index is 15.2. The number of hydrogen-bond acceptors (Lipinski definition) is 3. The average Bonchev–Trinajstić information content (AvgIpc) is 3.42. The predicted molar refractivity (Wildman–Crippen MR) is 124 cm³/mol. The number of Topliss-reactive ketones (excluding diaryl/α,β-unsaturated/α-hetero) is 1. The number of aromatic nitrogens is 2. The van der Waals surface area contributed by atoms with Crippen molar-refractivity contribution in [2.75, 3.05) is 0 Å². The summed E-state index contributed by atoms with van der Waals surface area (Å²) in [5.41, 5.74) is 3.07. The Bertz CT molecular complexity index is 1520. The van der Waals surface area contributed by atoms with Crippen LogP contribution >= 0.6 is 0 Å². The van der Waals surface area contributed by atoms with E-state index in [2.05, 4.69) is 15.3 Å². The van der Waals surface area contributed by atoms with Gasteiger partial charge in [0.05, 0.1) is 5.56 Å². The fourth-order valence-electron chi connectivity index (χ4n) is 4.46. The predicted octanol–water partition coefficient (Wildman–Crippen LogP) is 5.21. The highest BCUT2D eigenvalue weighted by Gasteiger charge is 2.28. The lowest BCUT2D eigenvalue weighted by molar-refractivity contribution is -0.117. The molecule has 1 aliphatic rings. The molecular weight excluding hydrogens is 474 g/mol. The standard InChI is InChI=1S/C27H19F4N3O2/c1-13-11-32-26(34-13)19-5-4-17(21-12-33-27(36)25(19)21)18-3-2-14(7-22(18)29)6-16(35)10-20-23(30)8-15(28)9-24(20)31/h2-5,7-9,11H,6,10,12H2,1H3,(H,32,34)(H,33,36). The van der Waals surface area contributed by atoms with Crippen molar-refractivity contribution in [1.82, 2.24) is 15.3 Å². The van der Waals surface area contributed by atoms with Gasteiger partial charge in [-0.15, -0.1) is 0 Å². The monoisotopic (exact) mass is 493 g/mol. The largest absolute Gasteiger partial charge is 0.348 e. The highest BCUT2D eigenvalue weighted by Crippen LogP contribution is 2.36. The van der Waals surface area contributed by atoms with Gasteiger partial charge in [0.15, 0.2) is 0 Å². The topological polar surface area (TPSA) is 74.8 Å². The molecule has 0 saturated carbocycles. The van der Waals surface area contributed by atoms with E-state index in [0.29, 0.717) is 45.8 Å². The van der Waals surface area contributed by atoms with Gasteiger partial charge in [-0.3, -0.25) is 9.59 Å². The molecule has 1 aliphatic heterocycles. The highest BCUT2D eigenvalue weighted by atomic mass is 19.1.